The van der Waals surface area contributed by atoms with E-state index in [0.29, 0.717) is 21.3 Å². The first kappa shape index (κ1) is 21.1. The van der Waals surface area contributed by atoms with Crippen molar-refractivity contribution >= 4 is 46.6 Å². The zero-order chi connectivity index (χ0) is 20.8. The molecular formula is C21H21Cl2N3O3. The number of hydrogen-bond acceptors (Lipinski definition) is 3. The molecule has 1 aliphatic carbocycles. The van der Waals surface area contributed by atoms with Gasteiger partial charge in [0.1, 0.15) is 0 Å². The molecule has 3 N–H and O–H groups in total. The Labute approximate surface area is 178 Å². The third-order valence-corrected chi connectivity index (χ3v) is 5.24. The van der Waals surface area contributed by atoms with Crippen LogP contribution in [0.3, 0.4) is 0 Å². The summed E-state index contributed by atoms with van der Waals surface area (Å²) in [5.41, 5.74) is 5.85. The van der Waals surface area contributed by atoms with E-state index >= 15 is 0 Å². The van der Waals surface area contributed by atoms with Crippen LogP contribution in [-0.4, -0.2) is 17.7 Å². The van der Waals surface area contributed by atoms with Gasteiger partial charge in [0.25, 0.3) is 11.8 Å². The zero-order valence-corrected chi connectivity index (χ0v) is 17.1. The maximum absolute atomic E-state index is 12.3. The van der Waals surface area contributed by atoms with Crippen LogP contribution >= 0.6 is 23.2 Å². The van der Waals surface area contributed by atoms with Gasteiger partial charge >= 0.3 is 0 Å². The van der Waals surface area contributed by atoms with E-state index in [2.05, 4.69) is 16.2 Å². The van der Waals surface area contributed by atoms with Crippen molar-refractivity contribution in [1.29, 1.82) is 0 Å². The summed E-state index contributed by atoms with van der Waals surface area (Å²) in [6, 6.07) is 10.9. The zero-order valence-electron chi connectivity index (χ0n) is 15.6. The number of nitrogens with one attached hydrogen (secondary N) is 3. The Morgan fingerprint density at radius 2 is 1.31 bits per heavy atom. The molecule has 29 heavy (non-hydrogen) atoms. The molecule has 6 nitrogen and oxygen atoms in total. The van der Waals surface area contributed by atoms with E-state index < -0.39 is 11.8 Å². The second-order valence-electron chi connectivity index (χ2n) is 6.97. The average Bonchev–Trinajstić information content (AvgIpc) is 2.72. The van der Waals surface area contributed by atoms with Gasteiger partial charge in [-0.05, 0) is 55.3 Å². The topological polar surface area (TPSA) is 87.3 Å². The summed E-state index contributed by atoms with van der Waals surface area (Å²) in [4.78, 5) is 36.6. The molecular weight excluding hydrogens is 413 g/mol. The molecule has 0 aromatic heterocycles. The van der Waals surface area contributed by atoms with E-state index in [1.165, 1.54) is 24.6 Å². The van der Waals surface area contributed by atoms with Crippen LogP contribution in [0.2, 0.25) is 10.0 Å². The Kier molecular flexibility index (Phi) is 7.12. The molecule has 0 radical (unpaired) electrons. The number of benzene rings is 2. The van der Waals surface area contributed by atoms with Crippen LogP contribution in [0.5, 0.6) is 0 Å². The van der Waals surface area contributed by atoms with Crippen molar-refractivity contribution in [1.82, 2.24) is 10.9 Å². The van der Waals surface area contributed by atoms with Gasteiger partial charge in [-0.2, -0.15) is 0 Å². The van der Waals surface area contributed by atoms with E-state index in [1.54, 1.807) is 24.3 Å². The maximum atomic E-state index is 12.3. The summed E-state index contributed by atoms with van der Waals surface area (Å²) >= 11 is 11.7. The van der Waals surface area contributed by atoms with Gasteiger partial charge in [0.15, 0.2) is 0 Å². The molecule has 3 amide bonds. The number of amides is 3. The highest BCUT2D eigenvalue weighted by molar-refractivity contribution is 6.35. The van der Waals surface area contributed by atoms with Crippen LogP contribution in [0.1, 0.15) is 52.8 Å². The number of hydrazine groups is 1. The lowest BCUT2D eigenvalue weighted by atomic mass is 9.88. The maximum Gasteiger partial charge on any atom is 0.269 e. The summed E-state index contributed by atoms with van der Waals surface area (Å²) in [6.07, 6.45) is 5.21. The Balaban J connectivity index is 1.53. The Bertz CT molecular complexity index is 890. The molecule has 0 spiro atoms. The van der Waals surface area contributed by atoms with Crippen molar-refractivity contribution in [3.63, 3.8) is 0 Å². The van der Waals surface area contributed by atoms with Crippen molar-refractivity contribution in [3.05, 3.63) is 63.6 Å². The second-order valence-corrected chi connectivity index (χ2v) is 7.84. The largest absolute Gasteiger partial charge is 0.326 e. The van der Waals surface area contributed by atoms with Crippen LogP contribution in [-0.2, 0) is 4.79 Å². The first-order chi connectivity index (χ1) is 13.9. The number of carbonyl (C=O) groups is 3. The van der Waals surface area contributed by atoms with E-state index in [4.69, 9.17) is 23.2 Å². The minimum Gasteiger partial charge on any atom is -0.326 e. The Morgan fingerprint density at radius 1 is 0.759 bits per heavy atom. The van der Waals surface area contributed by atoms with E-state index in [-0.39, 0.29) is 17.4 Å². The molecule has 3 rings (SSSR count). The fraction of sp³-hybridized carbons (Fsp3) is 0.286. The molecule has 0 aliphatic heterocycles. The smallest absolute Gasteiger partial charge is 0.269 e. The SMILES string of the molecule is O=C(NNC(=O)c1cc(Cl)cc(Cl)c1)c1ccc(NC(=O)C2CCCCC2)cc1. The first-order valence-corrected chi connectivity index (χ1v) is 10.2. The summed E-state index contributed by atoms with van der Waals surface area (Å²) in [5.74, 6) is -0.952. The number of halogens is 2. The molecule has 0 heterocycles. The molecule has 1 saturated carbocycles. The molecule has 2 aromatic carbocycles. The van der Waals surface area contributed by atoms with Gasteiger partial charge in [-0.25, -0.2) is 0 Å². The van der Waals surface area contributed by atoms with Gasteiger partial charge in [-0.1, -0.05) is 42.5 Å². The summed E-state index contributed by atoms with van der Waals surface area (Å²) < 4.78 is 0. The average molecular weight is 434 g/mol. The van der Waals surface area contributed by atoms with E-state index in [9.17, 15) is 14.4 Å². The number of rotatable bonds is 4. The minimum absolute atomic E-state index is 0.0225. The normalized spacial score (nSPS) is 14.1. The lowest BCUT2D eigenvalue weighted by Crippen LogP contribution is -2.41. The van der Waals surface area contributed by atoms with E-state index in [0.717, 1.165) is 25.7 Å². The Morgan fingerprint density at radius 3 is 1.90 bits per heavy atom. The van der Waals surface area contributed by atoms with E-state index in [1.807, 2.05) is 0 Å². The predicted octanol–water partition coefficient (Wildman–Crippen LogP) is 4.59. The van der Waals surface area contributed by atoms with Crippen LogP contribution in [0.15, 0.2) is 42.5 Å². The number of anilines is 1. The number of carbonyl (C=O) groups excluding carboxylic acids is 3. The standard InChI is InChI=1S/C21H21Cl2N3O3/c22-16-10-15(11-17(23)12-16)21(29)26-25-20(28)14-6-8-18(9-7-14)24-19(27)13-4-2-1-3-5-13/h6-13H,1-5H2,(H,24,27)(H,25,28)(H,26,29). The van der Waals surface area contributed by atoms with Crippen LogP contribution in [0, 0.1) is 5.92 Å². The lowest BCUT2D eigenvalue weighted by Gasteiger charge is -2.20. The van der Waals surface area contributed by atoms with Gasteiger partial charge in [0.2, 0.25) is 5.91 Å². The van der Waals surface area contributed by atoms with Crippen LogP contribution in [0.4, 0.5) is 5.69 Å². The second kappa shape index (κ2) is 9.76. The van der Waals surface area contributed by atoms with Gasteiger partial charge in [-0.15, -0.1) is 0 Å². The van der Waals surface area contributed by atoms with Gasteiger partial charge in [0, 0.05) is 32.8 Å². The monoisotopic (exact) mass is 433 g/mol. The highest BCUT2D eigenvalue weighted by atomic mass is 35.5. The molecule has 0 saturated heterocycles. The first-order valence-electron chi connectivity index (χ1n) is 9.40. The molecule has 0 atom stereocenters. The van der Waals surface area contributed by atoms with Crippen molar-refractivity contribution in [2.45, 2.75) is 32.1 Å². The predicted molar refractivity (Wildman–Crippen MR) is 113 cm³/mol. The summed E-state index contributed by atoms with van der Waals surface area (Å²) in [7, 11) is 0. The molecule has 1 aliphatic rings. The molecule has 8 heteroatoms. The fourth-order valence-corrected chi connectivity index (χ4v) is 3.78. The number of hydrogen-bond donors (Lipinski definition) is 3. The molecule has 0 unspecified atom stereocenters. The van der Waals surface area contributed by atoms with Crippen molar-refractivity contribution < 1.29 is 14.4 Å². The molecule has 1 fully saturated rings. The summed E-state index contributed by atoms with van der Waals surface area (Å²) in [5, 5.41) is 3.53. The van der Waals surface area contributed by atoms with Crippen molar-refractivity contribution in [2.75, 3.05) is 5.32 Å². The van der Waals surface area contributed by atoms with Crippen LogP contribution < -0.4 is 16.2 Å². The molecule has 152 valence electrons. The quantitative estimate of drug-likeness (QED) is 0.616. The van der Waals surface area contributed by atoms with Crippen LogP contribution in [0.25, 0.3) is 0 Å². The third-order valence-electron chi connectivity index (χ3n) is 4.80. The minimum atomic E-state index is -0.542. The Hall–Kier alpha value is -2.57. The van der Waals surface area contributed by atoms with Gasteiger partial charge in [-0.3, -0.25) is 25.2 Å². The lowest BCUT2D eigenvalue weighted by molar-refractivity contribution is -0.120. The van der Waals surface area contributed by atoms with Gasteiger partial charge < -0.3 is 5.32 Å². The fourth-order valence-electron chi connectivity index (χ4n) is 3.26. The highest BCUT2D eigenvalue weighted by Gasteiger charge is 2.21. The molecule has 0 bridgehead atoms. The van der Waals surface area contributed by atoms with Crippen molar-refractivity contribution in [2.24, 2.45) is 5.92 Å². The van der Waals surface area contributed by atoms with Crippen molar-refractivity contribution in [3.8, 4) is 0 Å². The highest BCUT2D eigenvalue weighted by Crippen LogP contribution is 2.25. The molecule has 2 aromatic rings. The summed E-state index contributed by atoms with van der Waals surface area (Å²) in [6.45, 7) is 0. The van der Waals surface area contributed by atoms with Gasteiger partial charge in [0.05, 0.1) is 0 Å². The third kappa shape index (κ3) is 5.95.